The maximum absolute atomic E-state index is 13.2. The topological polar surface area (TPSA) is 63.2 Å². The highest BCUT2D eigenvalue weighted by atomic mass is 35.5. The molecule has 1 unspecified atom stereocenters. The first-order valence-corrected chi connectivity index (χ1v) is 13.6. The number of thiazole rings is 1. The zero-order valence-corrected chi connectivity index (χ0v) is 21.6. The molecule has 5 nitrogen and oxygen atoms in total. The van der Waals surface area contributed by atoms with Crippen LogP contribution in [0.15, 0.2) is 41.3 Å². The van der Waals surface area contributed by atoms with Crippen LogP contribution in [0.1, 0.15) is 43.4 Å². The van der Waals surface area contributed by atoms with E-state index in [9.17, 15) is 4.21 Å². The van der Waals surface area contributed by atoms with Crippen LogP contribution in [0.25, 0.3) is 10.4 Å². The van der Waals surface area contributed by atoms with Gasteiger partial charge in [0.2, 0.25) is 0 Å². The molecule has 176 valence electrons. The molecule has 8 heteroatoms. The van der Waals surface area contributed by atoms with Crippen molar-refractivity contribution in [2.45, 2.75) is 50.8 Å². The molecule has 1 aliphatic carbocycles. The smallest absolute Gasteiger partial charge is 0.183 e. The average Bonchev–Trinajstić information content (AvgIpc) is 3.20. The third-order valence-corrected chi connectivity index (χ3v) is 8.79. The molecule has 2 N–H and O–H groups in total. The van der Waals surface area contributed by atoms with Crippen molar-refractivity contribution in [3.8, 4) is 16.2 Å². The molecule has 33 heavy (non-hydrogen) atoms. The molecular weight excluding hydrogens is 474 g/mol. The molecule has 0 amide bonds. The van der Waals surface area contributed by atoms with E-state index in [0.717, 1.165) is 45.0 Å². The minimum atomic E-state index is -1.50. The number of benzene rings is 2. The molecule has 1 aromatic heterocycles. The van der Waals surface area contributed by atoms with Gasteiger partial charge in [0.05, 0.1) is 17.7 Å². The fourth-order valence-electron chi connectivity index (χ4n) is 4.20. The minimum absolute atomic E-state index is 0.577. The summed E-state index contributed by atoms with van der Waals surface area (Å²) in [6.45, 7) is 4.92. The molecule has 0 spiro atoms. The lowest BCUT2D eigenvalue weighted by Crippen LogP contribution is -2.16. The van der Waals surface area contributed by atoms with Crippen molar-refractivity contribution in [1.82, 2.24) is 4.98 Å². The van der Waals surface area contributed by atoms with Crippen molar-refractivity contribution in [3.63, 3.8) is 0 Å². The van der Waals surface area contributed by atoms with E-state index < -0.39 is 11.0 Å². The molecule has 0 radical (unpaired) electrons. The van der Waals surface area contributed by atoms with Crippen LogP contribution >= 0.6 is 22.9 Å². The summed E-state index contributed by atoms with van der Waals surface area (Å²) in [5, 5.41) is 5.17. The van der Waals surface area contributed by atoms with E-state index in [-0.39, 0.29) is 0 Å². The quantitative estimate of drug-likeness (QED) is 0.340. The second-order valence-electron chi connectivity index (χ2n) is 8.52. The highest BCUT2D eigenvalue weighted by Gasteiger charge is 2.18. The predicted molar refractivity (Wildman–Crippen MR) is 140 cm³/mol. The normalized spacial score (nSPS) is 15.3. The lowest BCUT2D eigenvalue weighted by atomic mass is 9.89. The Balaban J connectivity index is 1.54. The van der Waals surface area contributed by atoms with Gasteiger partial charge in [0.15, 0.2) is 16.1 Å². The second-order valence-corrected chi connectivity index (χ2v) is 11.1. The Hall–Kier alpha value is -2.09. The number of methoxy groups -OCH3 is 1. The summed E-state index contributed by atoms with van der Waals surface area (Å²) in [6, 6.07) is 11.3. The summed E-state index contributed by atoms with van der Waals surface area (Å²) in [5.74, 6) is 1.32. The molecular formula is C25H30ClN3O2S2. The van der Waals surface area contributed by atoms with Crippen molar-refractivity contribution >= 4 is 44.7 Å². The Labute approximate surface area is 207 Å². The van der Waals surface area contributed by atoms with Gasteiger partial charge in [-0.15, -0.1) is 0 Å². The number of hydrogen-bond acceptors (Lipinski definition) is 5. The van der Waals surface area contributed by atoms with E-state index in [1.165, 1.54) is 32.1 Å². The molecule has 1 saturated carbocycles. The van der Waals surface area contributed by atoms with Gasteiger partial charge in [-0.3, -0.25) is 0 Å². The van der Waals surface area contributed by atoms with Gasteiger partial charge >= 0.3 is 0 Å². The summed E-state index contributed by atoms with van der Waals surface area (Å²) in [6.07, 6.45) is 6.65. The molecule has 0 bridgehead atoms. The summed E-state index contributed by atoms with van der Waals surface area (Å²) in [5.41, 5.74) is 3.61. The number of anilines is 2. The Bertz CT molecular complexity index is 1140. The van der Waals surface area contributed by atoms with Gasteiger partial charge in [0, 0.05) is 17.3 Å². The number of nitrogens with one attached hydrogen (secondary N) is 2. The summed E-state index contributed by atoms with van der Waals surface area (Å²) in [7, 11) is 0.0898. The van der Waals surface area contributed by atoms with E-state index in [2.05, 4.69) is 10.0 Å². The van der Waals surface area contributed by atoms with Crippen molar-refractivity contribution in [3.05, 3.63) is 52.7 Å². The molecule has 4 rings (SSSR count). The van der Waals surface area contributed by atoms with Crippen LogP contribution < -0.4 is 14.8 Å². The monoisotopic (exact) mass is 503 g/mol. The van der Waals surface area contributed by atoms with E-state index in [1.807, 2.05) is 44.2 Å². The zero-order chi connectivity index (χ0) is 23.4. The number of nitrogens with zero attached hydrogens (tertiary/aromatic N) is 1. The van der Waals surface area contributed by atoms with E-state index in [4.69, 9.17) is 21.3 Å². The lowest BCUT2D eigenvalue weighted by molar-refractivity contribution is 0.373. The predicted octanol–water partition coefficient (Wildman–Crippen LogP) is 7.22. The van der Waals surface area contributed by atoms with Gasteiger partial charge in [-0.2, -0.15) is 0 Å². The van der Waals surface area contributed by atoms with Crippen molar-refractivity contribution in [1.29, 1.82) is 0 Å². The number of aryl methyl sites for hydroxylation is 2. The molecule has 0 saturated heterocycles. The first-order valence-electron chi connectivity index (χ1n) is 11.3. The highest BCUT2D eigenvalue weighted by molar-refractivity contribution is 7.86. The Morgan fingerprint density at radius 2 is 1.94 bits per heavy atom. The number of ether oxygens (including phenoxy) is 1. The van der Waals surface area contributed by atoms with Crippen molar-refractivity contribution in [2.75, 3.05) is 23.7 Å². The highest BCUT2D eigenvalue weighted by Crippen LogP contribution is 2.37. The molecule has 1 atom stereocenters. The van der Waals surface area contributed by atoms with E-state index in [0.29, 0.717) is 15.7 Å². The molecule has 1 aliphatic rings. The van der Waals surface area contributed by atoms with Crippen LogP contribution in [0.5, 0.6) is 5.75 Å². The maximum Gasteiger partial charge on any atom is 0.183 e. The fraction of sp³-hybridized carbons (Fsp3) is 0.400. The molecule has 3 aromatic rings. The third kappa shape index (κ3) is 5.89. The van der Waals surface area contributed by atoms with Crippen LogP contribution in [-0.2, 0) is 11.0 Å². The van der Waals surface area contributed by atoms with Crippen molar-refractivity contribution in [2.24, 2.45) is 5.92 Å². The number of aromatic nitrogens is 1. The second kappa shape index (κ2) is 10.9. The Morgan fingerprint density at radius 3 is 2.67 bits per heavy atom. The van der Waals surface area contributed by atoms with Gasteiger partial charge in [-0.05, 0) is 80.1 Å². The van der Waals surface area contributed by atoms with Crippen LogP contribution in [-0.4, -0.2) is 22.8 Å². The Kier molecular flexibility index (Phi) is 7.94. The van der Waals surface area contributed by atoms with Crippen LogP contribution in [0.3, 0.4) is 0 Å². The van der Waals surface area contributed by atoms with Crippen LogP contribution in [0, 0.1) is 19.8 Å². The van der Waals surface area contributed by atoms with Crippen molar-refractivity contribution < 1.29 is 8.95 Å². The number of rotatable bonds is 8. The summed E-state index contributed by atoms with van der Waals surface area (Å²) < 4.78 is 21.8. The largest absolute Gasteiger partial charge is 0.495 e. The molecule has 1 fully saturated rings. The molecule has 1 heterocycles. The third-order valence-electron chi connectivity index (χ3n) is 6.06. The lowest BCUT2D eigenvalue weighted by Gasteiger charge is -2.21. The van der Waals surface area contributed by atoms with Gasteiger partial charge in [-0.25, -0.2) is 9.19 Å². The number of hydrogen-bond donors (Lipinski definition) is 2. The van der Waals surface area contributed by atoms with Crippen LogP contribution in [0.4, 0.5) is 10.8 Å². The first kappa shape index (κ1) is 24.0. The van der Waals surface area contributed by atoms with Crippen LogP contribution in [0.2, 0.25) is 5.02 Å². The standard InChI is InChI=1S/C25H30ClN3O2S2/c1-16-13-20(10-11-21(16)26)29-33(30)23-14-19(9-12-22(23)31-3)24-17(2)28-25(32-24)27-15-18-7-5-4-6-8-18/h9-14,18,29H,4-8,15H2,1-3H3,(H,27,28). The first-order chi connectivity index (χ1) is 15.9. The van der Waals surface area contributed by atoms with Gasteiger partial charge in [0.1, 0.15) is 10.6 Å². The maximum atomic E-state index is 13.2. The zero-order valence-electron chi connectivity index (χ0n) is 19.2. The minimum Gasteiger partial charge on any atom is -0.495 e. The molecule has 0 aliphatic heterocycles. The van der Waals surface area contributed by atoms with E-state index in [1.54, 1.807) is 24.5 Å². The molecule has 2 aromatic carbocycles. The fourth-order valence-corrected chi connectivity index (χ4v) is 6.30. The van der Waals surface area contributed by atoms with Gasteiger partial charge in [-0.1, -0.05) is 42.2 Å². The van der Waals surface area contributed by atoms with Gasteiger partial charge < -0.3 is 14.8 Å². The van der Waals surface area contributed by atoms with Gasteiger partial charge in [0.25, 0.3) is 0 Å². The van der Waals surface area contributed by atoms with E-state index >= 15 is 0 Å². The Morgan fingerprint density at radius 1 is 1.15 bits per heavy atom. The average molecular weight is 504 g/mol. The summed E-state index contributed by atoms with van der Waals surface area (Å²) >= 11 is 7.77. The summed E-state index contributed by atoms with van der Waals surface area (Å²) in [4.78, 5) is 6.41. The SMILES string of the molecule is COc1ccc(-c2sc(NCC3CCCCC3)nc2C)cc1S(=O)Nc1ccc(Cl)c(C)c1. The number of halogens is 1.